The molecule has 0 saturated carbocycles. The third-order valence-corrected chi connectivity index (χ3v) is 8.29. The van der Waals surface area contributed by atoms with Gasteiger partial charge in [0.1, 0.15) is 13.2 Å². The lowest BCUT2D eigenvalue weighted by Gasteiger charge is -2.18. The van der Waals surface area contributed by atoms with Crippen molar-refractivity contribution in [1.29, 1.82) is 0 Å². The summed E-state index contributed by atoms with van der Waals surface area (Å²) in [5.74, 6) is -0.979. The van der Waals surface area contributed by atoms with Crippen LogP contribution in [0.4, 0.5) is 0 Å². The Balaban J connectivity index is 4.45. The third-order valence-electron chi connectivity index (χ3n) is 8.29. The number of hydrogen-bond acceptors (Lipinski definition) is 6. The standard InChI is InChI=1S/C44H74O6/c1-4-7-10-13-16-19-21-22-23-26-28-31-34-37-43(46)49-40-41(39-48-42(45)36-33-30-27-24-18-15-12-9-6-3)50-44(47)38-35-32-29-25-20-17-14-11-8-5-2/h7,10,13-14,16-17,19,21,24,27,41H,4-6,8-9,11-12,15,18,20,22-23,25-26,28-40H2,1-3H3/b10-7-,16-13-,17-14-,21-19-,27-24-. The van der Waals surface area contributed by atoms with Crippen LogP contribution < -0.4 is 0 Å². The second-order valence-corrected chi connectivity index (χ2v) is 13.2. The first-order valence-corrected chi connectivity index (χ1v) is 20.3. The van der Waals surface area contributed by atoms with Crippen molar-refractivity contribution in [3.05, 3.63) is 60.8 Å². The fourth-order valence-corrected chi connectivity index (χ4v) is 5.19. The van der Waals surface area contributed by atoms with Crippen LogP contribution in [0.5, 0.6) is 0 Å². The molecule has 50 heavy (non-hydrogen) atoms. The lowest BCUT2D eigenvalue weighted by atomic mass is 10.1. The lowest BCUT2D eigenvalue weighted by Crippen LogP contribution is -2.30. The van der Waals surface area contributed by atoms with Gasteiger partial charge < -0.3 is 14.2 Å². The Morgan fingerprint density at radius 3 is 1.40 bits per heavy atom. The number of unbranched alkanes of at least 4 members (excludes halogenated alkanes) is 16. The highest BCUT2D eigenvalue weighted by atomic mass is 16.6. The van der Waals surface area contributed by atoms with Crippen molar-refractivity contribution in [1.82, 2.24) is 0 Å². The molecule has 0 aromatic carbocycles. The molecule has 6 heteroatoms. The molecule has 0 aliphatic heterocycles. The molecule has 286 valence electrons. The zero-order valence-corrected chi connectivity index (χ0v) is 32.4. The van der Waals surface area contributed by atoms with Crippen molar-refractivity contribution in [3.8, 4) is 0 Å². The van der Waals surface area contributed by atoms with Crippen molar-refractivity contribution < 1.29 is 28.6 Å². The normalized spacial score (nSPS) is 12.6. The van der Waals surface area contributed by atoms with Crippen LogP contribution in [-0.2, 0) is 28.6 Å². The molecule has 0 radical (unpaired) electrons. The Labute approximate surface area is 307 Å². The molecule has 0 heterocycles. The summed E-state index contributed by atoms with van der Waals surface area (Å²) in [6.45, 7) is 6.34. The van der Waals surface area contributed by atoms with E-state index in [2.05, 4.69) is 75.5 Å². The van der Waals surface area contributed by atoms with Crippen molar-refractivity contribution in [2.45, 2.75) is 187 Å². The van der Waals surface area contributed by atoms with Crippen molar-refractivity contribution in [2.24, 2.45) is 0 Å². The summed E-state index contributed by atoms with van der Waals surface area (Å²) in [7, 11) is 0. The van der Waals surface area contributed by atoms with Crippen LogP contribution in [-0.4, -0.2) is 37.2 Å². The maximum absolute atomic E-state index is 12.6. The van der Waals surface area contributed by atoms with Crippen molar-refractivity contribution >= 4 is 17.9 Å². The van der Waals surface area contributed by atoms with Gasteiger partial charge in [-0.25, -0.2) is 0 Å². The molecule has 0 amide bonds. The number of hydrogen-bond donors (Lipinski definition) is 0. The van der Waals surface area contributed by atoms with Crippen LogP contribution in [0, 0.1) is 0 Å². The summed E-state index contributed by atoms with van der Waals surface area (Å²) in [6.07, 6.45) is 45.0. The zero-order chi connectivity index (χ0) is 36.6. The highest BCUT2D eigenvalue weighted by Gasteiger charge is 2.19. The molecule has 0 aromatic heterocycles. The fraction of sp³-hybridized carbons (Fsp3) is 0.705. The monoisotopic (exact) mass is 699 g/mol. The molecular formula is C44H74O6. The van der Waals surface area contributed by atoms with Crippen LogP contribution in [0.2, 0.25) is 0 Å². The molecule has 1 unspecified atom stereocenters. The van der Waals surface area contributed by atoms with Gasteiger partial charge in [0.2, 0.25) is 0 Å². The summed E-state index contributed by atoms with van der Waals surface area (Å²) in [6, 6.07) is 0. The molecule has 0 spiro atoms. The first-order valence-electron chi connectivity index (χ1n) is 20.3. The van der Waals surface area contributed by atoms with E-state index in [4.69, 9.17) is 14.2 Å². The van der Waals surface area contributed by atoms with Crippen LogP contribution in [0.25, 0.3) is 0 Å². The van der Waals surface area contributed by atoms with Crippen LogP contribution in [0.15, 0.2) is 60.8 Å². The molecule has 0 bridgehead atoms. The molecular weight excluding hydrogens is 624 g/mol. The Bertz CT molecular complexity index is 944. The quantitative estimate of drug-likeness (QED) is 0.0215. The van der Waals surface area contributed by atoms with Gasteiger partial charge in [0.15, 0.2) is 6.10 Å². The van der Waals surface area contributed by atoms with Crippen molar-refractivity contribution in [3.63, 3.8) is 0 Å². The molecule has 0 N–H and O–H groups in total. The Morgan fingerprint density at radius 1 is 0.420 bits per heavy atom. The molecule has 0 aromatic rings. The Kier molecular flexibility index (Phi) is 36.7. The van der Waals surface area contributed by atoms with Crippen LogP contribution in [0.3, 0.4) is 0 Å². The highest BCUT2D eigenvalue weighted by molar-refractivity contribution is 5.71. The number of rotatable bonds is 35. The van der Waals surface area contributed by atoms with Gasteiger partial charge in [-0.15, -0.1) is 0 Å². The average molecular weight is 699 g/mol. The van der Waals surface area contributed by atoms with Gasteiger partial charge in [-0.3, -0.25) is 14.4 Å². The van der Waals surface area contributed by atoms with Gasteiger partial charge in [-0.2, -0.15) is 0 Å². The highest BCUT2D eigenvalue weighted by Crippen LogP contribution is 2.12. The second-order valence-electron chi connectivity index (χ2n) is 13.2. The third kappa shape index (κ3) is 36.4. The number of allylic oxidation sites excluding steroid dienone is 10. The SMILES string of the molecule is CC\C=C/C=C\C=C/CCCCCCCC(=O)OCC(COC(=O)CCC/C=C\CCCCCC)OC(=O)CCCCCC/C=C\CCCC. The molecule has 0 aliphatic carbocycles. The first kappa shape index (κ1) is 47.1. The smallest absolute Gasteiger partial charge is 0.306 e. The van der Waals surface area contributed by atoms with Gasteiger partial charge in [0.05, 0.1) is 0 Å². The van der Waals surface area contributed by atoms with Gasteiger partial charge in [-0.05, 0) is 77.0 Å². The predicted octanol–water partition coefficient (Wildman–Crippen LogP) is 12.6. The largest absolute Gasteiger partial charge is 0.462 e. The first-order chi connectivity index (χ1) is 24.5. The van der Waals surface area contributed by atoms with Gasteiger partial charge in [-0.1, -0.05) is 146 Å². The molecule has 0 fully saturated rings. The van der Waals surface area contributed by atoms with E-state index in [9.17, 15) is 14.4 Å². The maximum Gasteiger partial charge on any atom is 0.306 e. The molecule has 0 saturated heterocycles. The van der Waals surface area contributed by atoms with E-state index in [0.717, 1.165) is 96.3 Å². The van der Waals surface area contributed by atoms with E-state index < -0.39 is 6.10 Å². The minimum absolute atomic E-state index is 0.0992. The van der Waals surface area contributed by atoms with Crippen LogP contribution in [0.1, 0.15) is 181 Å². The van der Waals surface area contributed by atoms with E-state index in [1.165, 1.54) is 38.5 Å². The van der Waals surface area contributed by atoms with Crippen molar-refractivity contribution in [2.75, 3.05) is 13.2 Å². The van der Waals surface area contributed by atoms with Gasteiger partial charge in [0, 0.05) is 19.3 Å². The molecule has 1 atom stereocenters. The maximum atomic E-state index is 12.6. The summed E-state index contributed by atoms with van der Waals surface area (Å²) in [5.41, 5.74) is 0. The van der Waals surface area contributed by atoms with Gasteiger partial charge >= 0.3 is 17.9 Å². The fourth-order valence-electron chi connectivity index (χ4n) is 5.19. The van der Waals surface area contributed by atoms with E-state index in [1.807, 2.05) is 6.08 Å². The summed E-state index contributed by atoms with van der Waals surface area (Å²) in [4.78, 5) is 37.4. The second kappa shape index (κ2) is 38.9. The number of esters is 3. The summed E-state index contributed by atoms with van der Waals surface area (Å²) < 4.78 is 16.5. The number of ether oxygens (including phenoxy) is 3. The minimum Gasteiger partial charge on any atom is -0.462 e. The minimum atomic E-state index is -0.794. The van der Waals surface area contributed by atoms with E-state index in [-0.39, 0.29) is 31.1 Å². The Morgan fingerprint density at radius 2 is 0.840 bits per heavy atom. The summed E-state index contributed by atoms with van der Waals surface area (Å²) in [5, 5.41) is 0. The Hall–Kier alpha value is -2.89. The predicted molar refractivity (Wildman–Crippen MR) is 210 cm³/mol. The van der Waals surface area contributed by atoms with E-state index in [0.29, 0.717) is 25.7 Å². The lowest BCUT2D eigenvalue weighted by molar-refractivity contribution is -0.167. The average Bonchev–Trinajstić information content (AvgIpc) is 3.11. The van der Waals surface area contributed by atoms with Crippen LogP contribution >= 0.6 is 0 Å². The van der Waals surface area contributed by atoms with E-state index >= 15 is 0 Å². The summed E-state index contributed by atoms with van der Waals surface area (Å²) >= 11 is 0. The molecule has 6 nitrogen and oxygen atoms in total. The topological polar surface area (TPSA) is 78.9 Å². The molecule has 0 aliphatic rings. The number of carbonyl (C=O) groups is 3. The molecule has 0 rings (SSSR count). The van der Waals surface area contributed by atoms with Gasteiger partial charge in [0.25, 0.3) is 0 Å². The zero-order valence-electron chi connectivity index (χ0n) is 32.4. The number of carbonyl (C=O) groups excluding carboxylic acids is 3. The van der Waals surface area contributed by atoms with E-state index in [1.54, 1.807) is 0 Å².